The quantitative estimate of drug-likeness (QED) is 0.573. The van der Waals surface area contributed by atoms with E-state index in [2.05, 4.69) is 23.8 Å². The van der Waals surface area contributed by atoms with E-state index in [9.17, 15) is 9.18 Å². The number of carbonyl (C=O) groups is 1. The van der Waals surface area contributed by atoms with Crippen LogP contribution in [0.25, 0.3) is 10.2 Å². The maximum absolute atomic E-state index is 13.6. The maximum atomic E-state index is 13.6. The van der Waals surface area contributed by atoms with Crippen molar-refractivity contribution in [3.05, 3.63) is 46.2 Å². The molecule has 4 rings (SSSR count). The van der Waals surface area contributed by atoms with Crippen molar-refractivity contribution < 1.29 is 13.9 Å². The summed E-state index contributed by atoms with van der Waals surface area (Å²) in [6.07, 6.45) is 0. The molecule has 1 aromatic carbocycles. The number of aromatic nitrogens is 2. The molecule has 3 heterocycles. The SMILES string of the molecule is COc1ccc(F)cc1CN1CCN(C(=O)c2cc3c(C)nn(CC(C)C)c3s2)CC1. The molecular weight excluding hydrogens is 415 g/mol. The standard InChI is InChI=1S/C23H29FN4O2S/c1-15(2)13-28-23-19(16(3)25-28)12-21(31-23)22(29)27-9-7-26(8-10-27)14-17-11-18(24)5-6-20(17)30-4/h5-6,11-12,15H,7-10,13-14H2,1-4H3. The zero-order valence-corrected chi connectivity index (χ0v) is 19.3. The van der Waals surface area contributed by atoms with Crippen molar-refractivity contribution in [1.82, 2.24) is 19.6 Å². The van der Waals surface area contributed by atoms with Crippen LogP contribution in [0.5, 0.6) is 5.75 Å². The molecule has 1 aliphatic heterocycles. The topological polar surface area (TPSA) is 50.6 Å². The van der Waals surface area contributed by atoms with Crippen molar-refractivity contribution in [2.24, 2.45) is 5.92 Å². The Labute approximate surface area is 186 Å². The van der Waals surface area contributed by atoms with Crippen LogP contribution < -0.4 is 4.74 Å². The number of aryl methyl sites for hydroxylation is 1. The minimum Gasteiger partial charge on any atom is -0.496 e. The second kappa shape index (κ2) is 8.96. The second-order valence-electron chi connectivity index (χ2n) is 8.52. The normalized spacial score (nSPS) is 15.2. The predicted octanol–water partition coefficient (Wildman–Crippen LogP) is 4.17. The molecule has 1 aliphatic rings. The largest absolute Gasteiger partial charge is 0.496 e. The smallest absolute Gasteiger partial charge is 0.264 e. The van der Waals surface area contributed by atoms with Crippen molar-refractivity contribution in [3.63, 3.8) is 0 Å². The highest BCUT2D eigenvalue weighted by Gasteiger charge is 2.25. The van der Waals surface area contributed by atoms with Gasteiger partial charge in [0.2, 0.25) is 0 Å². The molecule has 0 atom stereocenters. The number of ether oxygens (including phenoxy) is 1. The van der Waals surface area contributed by atoms with Crippen molar-refractivity contribution >= 4 is 27.5 Å². The highest BCUT2D eigenvalue weighted by atomic mass is 32.1. The average Bonchev–Trinajstić information content (AvgIpc) is 3.29. The molecule has 6 nitrogen and oxygen atoms in total. The summed E-state index contributed by atoms with van der Waals surface area (Å²) in [4.78, 5) is 19.1. The van der Waals surface area contributed by atoms with E-state index in [4.69, 9.17) is 4.74 Å². The Morgan fingerprint density at radius 2 is 1.97 bits per heavy atom. The zero-order valence-electron chi connectivity index (χ0n) is 18.5. The number of fused-ring (bicyclic) bond motifs is 1. The molecule has 3 aromatic rings. The summed E-state index contributed by atoms with van der Waals surface area (Å²) in [6, 6.07) is 6.59. The first-order chi connectivity index (χ1) is 14.9. The first kappa shape index (κ1) is 21.8. The lowest BCUT2D eigenvalue weighted by Gasteiger charge is -2.34. The highest BCUT2D eigenvalue weighted by Crippen LogP contribution is 2.30. The Bertz CT molecular complexity index is 1080. The van der Waals surface area contributed by atoms with E-state index in [0.29, 0.717) is 31.3 Å². The molecule has 31 heavy (non-hydrogen) atoms. The molecule has 0 radical (unpaired) electrons. The Morgan fingerprint density at radius 3 is 2.65 bits per heavy atom. The number of amides is 1. The van der Waals surface area contributed by atoms with Crippen LogP contribution in [0, 0.1) is 18.7 Å². The van der Waals surface area contributed by atoms with E-state index in [1.807, 2.05) is 22.6 Å². The summed E-state index contributed by atoms with van der Waals surface area (Å²) in [7, 11) is 1.60. The van der Waals surface area contributed by atoms with Gasteiger partial charge in [-0.05, 0) is 37.1 Å². The Hall–Kier alpha value is -2.45. The number of benzene rings is 1. The van der Waals surface area contributed by atoms with Crippen molar-refractivity contribution in [1.29, 1.82) is 0 Å². The van der Waals surface area contributed by atoms with Gasteiger partial charge in [0.25, 0.3) is 5.91 Å². The molecule has 1 saturated heterocycles. The van der Waals surface area contributed by atoms with E-state index in [-0.39, 0.29) is 11.7 Å². The van der Waals surface area contributed by atoms with E-state index in [1.165, 1.54) is 23.5 Å². The van der Waals surface area contributed by atoms with E-state index in [0.717, 1.165) is 46.0 Å². The van der Waals surface area contributed by atoms with Gasteiger partial charge in [-0.25, -0.2) is 4.39 Å². The number of halogens is 1. The van der Waals surface area contributed by atoms with Gasteiger partial charge in [-0.1, -0.05) is 13.8 Å². The van der Waals surface area contributed by atoms with Gasteiger partial charge in [-0.15, -0.1) is 11.3 Å². The monoisotopic (exact) mass is 444 g/mol. The van der Waals surface area contributed by atoms with Gasteiger partial charge in [0.1, 0.15) is 16.4 Å². The fraction of sp³-hybridized carbons (Fsp3) is 0.478. The summed E-state index contributed by atoms with van der Waals surface area (Å²) in [5.74, 6) is 1.00. The molecule has 0 N–H and O–H groups in total. The summed E-state index contributed by atoms with van der Waals surface area (Å²) in [5, 5.41) is 5.71. The zero-order chi connectivity index (χ0) is 22.1. The third-order valence-electron chi connectivity index (χ3n) is 5.65. The molecule has 1 fully saturated rings. The highest BCUT2D eigenvalue weighted by molar-refractivity contribution is 7.20. The number of carbonyl (C=O) groups excluding carboxylic acids is 1. The molecule has 0 aliphatic carbocycles. The number of hydrogen-bond acceptors (Lipinski definition) is 5. The Balaban J connectivity index is 1.42. The Kier molecular flexibility index (Phi) is 6.29. The lowest BCUT2D eigenvalue weighted by atomic mass is 10.1. The first-order valence-electron chi connectivity index (χ1n) is 10.7. The number of methoxy groups -OCH3 is 1. The lowest BCUT2D eigenvalue weighted by Crippen LogP contribution is -2.48. The summed E-state index contributed by atoms with van der Waals surface area (Å²) in [6.45, 7) is 10.6. The van der Waals surface area contributed by atoms with Gasteiger partial charge >= 0.3 is 0 Å². The molecule has 2 aromatic heterocycles. The number of hydrogen-bond donors (Lipinski definition) is 0. The summed E-state index contributed by atoms with van der Waals surface area (Å²) in [5.41, 5.74) is 1.80. The van der Waals surface area contributed by atoms with Crippen molar-refractivity contribution in [2.75, 3.05) is 33.3 Å². The van der Waals surface area contributed by atoms with Gasteiger partial charge in [-0.3, -0.25) is 14.4 Å². The predicted molar refractivity (Wildman–Crippen MR) is 121 cm³/mol. The lowest BCUT2D eigenvalue weighted by molar-refractivity contribution is 0.0632. The van der Waals surface area contributed by atoms with Gasteiger partial charge in [0.15, 0.2) is 0 Å². The Morgan fingerprint density at radius 1 is 1.23 bits per heavy atom. The van der Waals surface area contributed by atoms with E-state index < -0.39 is 0 Å². The van der Waals surface area contributed by atoms with E-state index in [1.54, 1.807) is 13.2 Å². The minimum atomic E-state index is -0.263. The van der Waals surface area contributed by atoms with Crippen LogP contribution in [-0.4, -0.2) is 58.8 Å². The molecular formula is C23H29FN4O2S. The van der Waals surface area contributed by atoms with Gasteiger partial charge < -0.3 is 9.64 Å². The van der Waals surface area contributed by atoms with E-state index >= 15 is 0 Å². The van der Waals surface area contributed by atoms with Crippen molar-refractivity contribution in [2.45, 2.75) is 33.9 Å². The average molecular weight is 445 g/mol. The summed E-state index contributed by atoms with van der Waals surface area (Å²) < 4.78 is 21.0. The first-order valence-corrected chi connectivity index (χ1v) is 11.5. The number of piperazine rings is 1. The molecule has 0 spiro atoms. The van der Waals surface area contributed by atoms with Crippen LogP contribution in [-0.2, 0) is 13.1 Å². The fourth-order valence-corrected chi connectivity index (χ4v) is 5.20. The van der Waals surface area contributed by atoms with Crippen LogP contribution in [0.4, 0.5) is 4.39 Å². The van der Waals surface area contributed by atoms with Crippen molar-refractivity contribution in [3.8, 4) is 5.75 Å². The minimum absolute atomic E-state index is 0.0830. The molecule has 0 unspecified atom stereocenters. The fourth-order valence-electron chi connectivity index (χ4n) is 4.06. The van der Waals surface area contributed by atoms with Crippen LogP contribution >= 0.6 is 11.3 Å². The van der Waals surface area contributed by atoms with Crippen LogP contribution in [0.3, 0.4) is 0 Å². The molecule has 166 valence electrons. The molecule has 8 heteroatoms. The summed E-state index contributed by atoms with van der Waals surface area (Å²) >= 11 is 1.54. The van der Waals surface area contributed by atoms with Crippen LogP contribution in [0.15, 0.2) is 24.3 Å². The number of nitrogens with zero attached hydrogens (tertiary/aromatic N) is 4. The van der Waals surface area contributed by atoms with Gasteiger partial charge in [-0.2, -0.15) is 5.10 Å². The third-order valence-corrected chi connectivity index (χ3v) is 6.79. The van der Waals surface area contributed by atoms with Crippen LogP contribution in [0.2, 0.25) is 0 Å². The van der Waals surface area contributed by atoms with Crippen LogP contribution in [0.1, 0.15) is 34.8 Å². The number of rotatable bonds is 6. The van der Waals surface area contributed by atoms with Gasteiger partial charge in [0.05, 0.1) is 17.7 Å². The maximum Gasteiger partial charge on any atom is 0.264 e. The molecule has 0 bridgehead atoms. The molecule has 1 amide bonds. The number of thiophene rings is 1. The van der Waals surface area contributed by atoms with Gasteiger partial charge in [0, 0.05) is 50.2 Å². The molecule has 0 saturated carbocycles. The second-order valence-corrected chi connectivity index (χ2v) is 9.55. The third kappa shape index (κ3) is 4.60.